The average molecular weight is 462 g/mol. The molecule has 0 fully saturated rings. The fourth-order valence-electron chi connectivity index (χ4n) is 4.12. The number of hydrogen-bond donors (Lipinski definition) is 1. The van der Waals surface area contributed by atoms with Crippen molar-refractivity contribution in [3.05, 3.63) is 93.5 Å². The van der Waals surface area contributed by atoms with Crippen LogP contribution in [0.25, 0.3) is 0 Å². The van der Waals surface area contributed by atoms with E-state index in [0.717, 1.165) is 11.6 Å². The van der Waals surface area contributed by atoms with Crippen molar-refractivity contribution in [1.82, 2.24) is 0 Å². The second-order valence-electron chi connectivity index (χ2n) is 7.87. The number of non-ortho nitro benzene ring substituents is 1. The fraction of sp³-hybridized carbons (Fsp3) is 0.200. The van der Waals surface area contributed by atoms with Gasteiger partial charge in [-0.2, -0.15) is 0 Å². The Kier molecular flexibility index (Phi) is 6.04. The highest BCUT2D eigenvalue weighted by atomic mass is 16.6. The van der Waals surface area contributed by atoms with Crippen molar-refractivity contribution in [2.75, 3.05) is 19.1 Å². The van der Waals surface area contributed by atoms with Crippen molar-refractivity contribution in [2.45, 2.75) is 18.6 Å². The van der Waals surface area contributed by atoms with Crippen LogP contribution in [0.1, 0.15) is 27.9 Å². The molecule has 1 atom stereocenters. The van der Waals surface area contributed by atoms with Gasteiger partial charge >= 0.3 is 0 Å². The zero-order valence-electron chi connectivity index (χ0n) is 18.6. The highest BCUT2D eigenvalue weighted by molar-refractivity contribution is 6.10. The van der Waals surface area contributed by atoms with E-state index in [-0.39, 0.29) is 17.8 Å². The van der Waals surface area contributed by atoms with Gasteiger partial charge in [-0.25, -0.2) is 0 Å². The number of anilines is 1. The second-order valence-corrected chi connectivity index (χ2v) is 7.87. The van der Waals surface area contributed by atoms with Crippen LogP contribution in [-0.4, -0.2) is 35.9 Å². The summed E-state index contributed by atoms with van der Waals surface area (Å²) in [5.41, 5.74) is -0.780. The number of methoxy groups -OCH3 is 2. The maximum atomic E-state index is 13.5. The molecule has 1 heterocycles. The smallest absolute Gasteiger partial charge is 0.270 e. The first-order valence-electron chi connectivity index (χ1n) is 10.4. The summed E-state index contributed by atoms with van der Waals surface area (Å²) in [6.45, 7) is 0.128. The van der Waals surface area contributed by atoms with E-state index < -0.39 is 28.6 Å². The van der Waals surface area contributed by atoms with Crippen LogP contribution in [0.5, 0.6) is 11.5 Å². The first kappa shape index (κ1) is 22.9. The van der Waals surface area contributed by atoms with Crippen LogP contribution < -0.4 is 14.4 Å². The zero-order valence-corrected chi connectivity index (χ0v) is 18.6. The van der Waals surface area contributed by atoms with Crippen LogP contribution in [0.15, 0.2) is 66.7 Å². The number of benzene rings is 3. The predicted molar refractivity (Wildman–Crippen MR) is 123 cm³/mol. The number of fused-ring (bicyclic) bond motifs is 1. The third-order valence-corrected chi connectivity index (χ3v) is 5.82. The van der Waals surface area contributed by atoms with Gasteiger partial charge < -0.3 is 19.5 Å². The second kappa shape index (κ2) is 8.95. The van der Waals surface area contributed by atoms with Gasteiger partial charge in [-0.1, -0.05) is 36.4 Å². The van der Waals surface area contributed by atoms with Crippen molar-refractivity contribution in [1.29, 1.82) is 0 Å². The molecule has 4 rings (SSSR count). The molecule has 0 aliphatic carbocycles. The van der Waals surface area contributed by atoms with Crippen LogP contribution in [0.4, 0.5) is 11.4 Å². The molecule has 1 N–H and O–H groups in total. The van der Waals surface area contributed by atoms with Gasteiger partial charge in [0.05, 0.1) is 37.8 Å². The van der Waals surface area contributed by atoms with Crippen molar-refractivity contribution in [3.8, 4) is 11.5 Å². The summed E-state index contributed by atoms with van der Waals surface area (Å²) in [6.07, 6.45) is -0.549. The number of carbonyl (C=O) groups is 2. The maximum Gasteiger partial charge on any atom is 0.270 e. The van der Waals surface area contributed by atoms with Gasteiger partial charge in [-0.05, 0) is 23.8 Å². The van der Waals surface area contributed by atoms with Crippen molar-refractivity contribution >= 4 is 23.1 Å². The number of nitro benzene ring substituents is 1. The Morgan fingerprint density at radius 1 is 1.03 bits per heavy atom. The molecule has 0 unspecified atom stereocenters. The molecule has 9 nitrogen and oxygen atoms in total. The number of para-hydroxylation sites is 1. The summed E-state index contributed by atoms with van der Waals surface area (Å²) in [5.74, 6) is -0.195. The summed E-state index contributed by atoms with van der Waals surface area (Å²) in [4.78, 5) is 38.3. The molecule has 174 valence electrons. The predicted octanol–water partition coefficient (Wildman–Crippen LogP) is 3.62. The van der Waals surface area contributed by atoms with E-state index in [1.54, 1.807) is 42.5 Å². The SMILES string of the molecule is COc1ccc(CN2C(=O)[C@@](O)(CC(=O)c3cccc([N+](=O)[O-])c3)c3ccccc32)cc1OC. The van der Waals surface area contributed by atoms with Gasteiger partial charge in [0.2, 0.25) is 0 Å². The lowest BCUT2D eigenvalue weighted by Gasteiger charge is -2.23. The largest absolute Gasteiger partial charge is 0.493 e. The van der Waals surface area contributed by atoms with Gasteiger partial charge in [0, 0.05) is 23.3 Å². The molecule has 3 aromatic carbocycles. The van der Waals surface area contributed by atoms with Gasteiger partial charge in [0.1, 0.15) is 0 Å². The number of hydrogen-bond acceptors (Lipinski definition) is 7. The average Bonchev–Trinajstić information content (AvgIpc) is 3.05. The molecule has 1 aliphatic rings. The number of Topliss-reactive ketones (excluding diaryl/α,β-unsaturated/α-hetero) is 1. The normalized spacial score (nSPS) is 16.8. The summed E-state index contributed by atoms with van der Waals surface area (Å²) in [5, 5.41) is 22.5. The third kappa shape index (κ3) is 3.97. The van der Waals surface area contributed by atoms with E-state index in [4.69, 9.17) is 9.47 Å². The Hall–Kier alpha value is -4.24. The van der Waals surface area contributed by atoms with Crippen molar-refractivity contribution in [2.24, 2.45) is 0 Å². The number of ether oxygens (including phenoxy) is 2. The minimum absolute atomic E-state index is 0.0475. The number of nitro groups is 1. The van der Waals surface area contributed by atoms with Crippen LogP contribution in [-0.2, 0) is 16.9 Å². The summed E-state index contributed by atoms with van der Waals surface area (Å²) >= 11 is 0. The molecule has 1 amide bonds. The van der Waals surface area contributed by atoms with E-state index in [9.17, 15) is 24.8 Å². The third-order valence-electron chi connectivity index (χ3n) is 5.82. The standard InChI is InChI=1S/C25H22N2O7/c1-33-22-11-10-16(12-23(22)34-2)15-26-20-9-4-3-8-19(20)25(30,24(26)29)14-21(28)17-6-5-7-18(13-17)27(31)32/h3-13,30H,14-15H2,1-2H3/t25-/m1/s1. The van der Waals surface area contributed by atoms with Gasteiger partial charge in [-0.15, -0.1) is 0 Å². The van der Waals surface area contributed by atoms with Gasteiger partial charge in [0.15, 0.2) is 22.9 Å². The Labute approximate surface area is 195 Å². The van der Waals surface area contributed by atoms with E-state index in [1.807, 2.05) is 0 Å². The number of rotatable bonds is 8. The first-order chi connectivity index (χ1) is 16.3. The fourth-order valence-corrected chi connectivity index (χ4v) is 4.12. The molecule has 34 heavy (non-hydrogen) atoms. The van der Waals surface area contributed by atoms with Crippen molar-refractivity contribution in [3.63, 3.8) is 0 Å². The maximum absolute atomic E-state index is 13.5. The van der Waals surface area contributed by atoms with Crippen molar-refractivity contribution < 1.29 is 29.1 Å². The molecule has 9 heteroatoms. The molecule has 3 aromatic rings. The summed E-state index contributed by atoms with van der Waals surface area (Å²) in [6, 6.07) is 17.2. The molecular weight excluding hydrogens is 440 g/mol. The lowest BCUT2D eigenvalue weighted by atomic mass is 9.88. The number of nitrogens with zero attached hydrogens (tertiary/aromatic N) is 2. The molecule has 0 radical (unpaired) electrons. The summed E-state index contributed by atoms with van der Waals surface area (Å²) in [7, 11) is 3.03. The minimum atomic E-state index is -2.10. The highest BCUT2D eigenvalue weighted by Gasteiger charge is 2.50. The lowest BCUT2D eigenvalue weighted by Crippen LogP contribution is -2.41. The Morgan fingerprint density at radius 2 is 1.76 bits per heavy atom. The monoisotopic (exact) mass is 462 g/mol. The molecule has 0 saturated carbocycles. The molecule has 0 bridgehead atoms. The van der Waals surface area contributed by atoms with E-state index in [2.05, 4.69) is 0 Å². The summed E-state index contributed by atoms with van der Waals surface area (Å²) < 4.78 is 10.6. The minimum Gasteiger partial charge on any atom is -0.493 e. The Bertz CT molecular complexity index is 1290. The molecular formula is C25H22N2O7. The highest BCUT2D eigenvalue weighted by Crippen LogP contribution is 2.44. The Balaban J connectivity index is 1.66. The molecule has 1 aliphatic heterocycles. The topological polar surface area (TPSA) is 119 Å². The van der Waals surface area contributed by atoms with E-state index in [1.165, 1.54) is 37.3 Å². The zero-order chi connectivity index (χ0) is 24.5. The lowest BCUT2D eigenvalue weighted by molar-refractivity contribution is -0.384. The molecule has 0 saturated heterocycles. The van der Waals surface area contributed by atoms with Crippen LogP contribution in [0.3, 0.4) is 0 Å². The first-order valence-corrected chi connectivity index (χ1v) is 10.4. The van der Waals surface area contributed by atoms with E-state index in [0.29, 0.717) is 22.7 Å². The number of amides is 1. The number of ketones is 1. The number of carbonyl (C=O) groups excluding carboxylic acids is 2. The Morgan fingerprint density at radius 3 is 2.47 bits per heavy atom. The van der Waals surface area contributed by atoms with Crippen LogP contribution in [0, 0.1) is 10.1 Å². The number of aliphatic hydroxyl groups is 1. The van der Waals surface area contributed by atoms with Crippen LogP contribution in [0.2, 0.25) is 0 Å². The molecule has 0 aromatic heterocycles. The van der Waals surface area contributed by atoms with Crippen LogP contribution >= 0.6 is 0 Å². The quantitative estimate of drug-likeness (QED) is 0.308. The van der Waals surface area contributed by atoms with E-state index >= 15 is 0 Å². The molecule has 0 spiro atoms. The van der Waals surface area contributed by atoms with Gasteiger partial charge in [-0.3, -0.25) is 19.7 Å². The van der Waals surface area contributed by atoms with Gasteiger partial charge in [0.25, 0.3) is 11.6 Å².